The lowest BCUT2D eigenvalue weighted by Gasteiger charge is -1.99. The van der Waals surface area contributed by atoms with Crippen molar-refractivity contribution in [1.29, 1.82) is 0 Å². The molecule has 1 N–H and O–H groups in total. The van der Waals surface area contributed by atoms with Crippen molar-refractivity contribution in [2.24, 2.45) is 0 Å². The number of thiazole rings is 1. The lowest BCUT2D eigenvalue weighted by atomic mass is 10.1. The van der Waals surface area contributed by atoms with Gasteiger partial charge in [0.25, 0.3) is 0 Å². The summed E-state index contributed by atoms with van der Waals surface area (Å²) in [7, 11) is 0. The Labute approximate surface area is 125 Å². The van der Waals surface area contributed by atoms with Crippen molar-refractivity contribution in [2.45, 2.75) is 6.42 Å². The summed E-state index contributed by atoms with van der Waals surface area (Å²) in [6.45, 7) is 0. The van der Waals surface area contributed by atoms with Crippen molar-refractivity contribution in [3.8, 4) is 21.8 Å². The highest BCUT2D eigenvalue weighted by atomic mass is 32.1. The first-order valence-electron chi connectivity index (χ1n) is 6.41. The van der Waals surface area contributed by atoms with Gasteiger partial charge < -0.3 is 5.11 Å². The van der Waals surface area contributed by atoms with Crippen LogP contribution in [0, 0.1) is 0 Å². The van der Waals surface area contributed by atoms with Crippen LogP contribution in [-0.2, 0) is 11.2 Å². The Morgan fingerprint density at radius 1 is 1.05 bits per heavy atom. The monoisotopic (exact) mass is 296 g/mol. The molecule has 0 saturated heterocycles. The molecule has 4 nitrogen and oxygen atoms in total. The first-order valence-corrected chi connectivity index (χ1v) is 7.23. The van der Waals surface area contributed by atoms with Gasteiger partial charge in [-0.3, -0.25) is 9.78 Å². The van der Waals surface area contributed by atoms with Gasteiger partial charge in [0.15, 0.2) is 0 Å². The molecule has 0 aliphatic carbocycles. The first-order chi connectivity index (χ1) is 10.2. The summed E-state index contributed by atoms with van der Waals surface area (Å²) in [5.74, 6) is -0.850. The number of hydrogen-bond donors (Lipinski definition) is 1. The van der Waals surface area contributed by atoms with Crippen LogP contribution in [0.15, 0.2) is 54.9 Å². The number of benzene rings is 1. The molecule has 3 rings (SSSR count). The van der Waals surface area contributed by atoms with E-state index < -0.39 is 5.97 Å². The largest absolute Gasteiger partial charge is 0.481 e. The molecule has 0 saturated carbocycles. The van der Waals surface area contributed by atoms with E-state index in [9.17, 15) is 4.79 Å². The van der Waals surface area contributed by atoms with Gasteiger partial charge in [-0.05, 0) is 12.1 Å². The van der Waals surface area contributed by atoms with Gasteiger partial charge in [-0.1, -0.05) is 30.3 Å². The fourth-order valence-corrected chi connectivity index (χ4v) is 3.13. The highest BCUT2D eigenvalue weighted by Gasteiger charge is 2.16. The Bertz CT molecular complexity index is 754. The number of pyridine rings is 1. The molecular formula is C16H12N2O2S. The zero-order valence-electron chi connectivity index (χ0n) is 11.1. The smallest absolute Gasteiger partial charge is 0.308 e. The quantitative estimate of drug-likeness (QED) is 0.800. The van der Waals surface area contributed by atoms with E-state index in [1.54, 1.807) is 12.4 Å². The maximum atomic E-state index is 11.1. The van der Waals surface area contributed by atoms with Crippen LogP contribution < -0.4 is 0 Å². The molecule has 5 heteroatoms. The normalized spacial score (nSPS) is 10.5. The maximum absolute atomic E-state index is 11.1. The summed E-state index contributed by atoms with van der Waals surface area (Å²) in [5.41, 5.74) is 2.63. The molecule has 1 aromatic carbocycles. The number of carboxylic acids is 1. The van der Waals surface area contributed by atoms with E-state index in [1.807, 2.05) is 42.5 Å². The van der Waals surface area contributed by atoms with Crippen molar-refractivity contribution >= 4 is 17.3 Å². The summed E-state index contributed by atoms with van der Waals surface area (Å²) in [6.07, 6.45) is 3.39. The number of carbonyl (C=O) groups is 1. The Morgan fingerprint density at radius 3 is 2.43 bits per heavy atom. The summed E-state index contributed by atoms with van der Waals surface area (Å²) in [6, 6.07) is 13.4. The van der Waals surface area contributed by atoms with Gasteiger partial charge in [0.1, 0.15) is 5.01 Å². The average molecular weight is 296 g/mol. The predicted octanol–water partition coefficient (Wildman–Crippen LogP) is 3.50. The molecule has 0 amide bonds. The fraction of sp³-hybridized carbons (Fsp3) is 0.0625. The Morgan fingerprint density at radius 2 is 1.76 bits per heavy atom. The van der Waals surface area contributed by atoms with Crippen LogP contribution in [-0.4, -0.2) is 21.0 Å². The van der Waals surface area contributed by atoms with Gasteiger partial charge in [-0.25, -0.2) is 4.98 Å². The van der Waals surface area contributed by atoms with Gasteiger partial charge in [-0.2, -0.15) is 0 Å². The molecule has 104 valence electrons. The molecule has 0 aliphatic heterocycles. The summed E-state index contributed by atoms with van der Waals surface area (Å²) < 4.78 is 0. The molecule has 3 aromatic rings. The Kier molecular flexibility index (Phi) is 3.75. The van der Waals surface area contributed by atoms with Crippen LogP contribution in [0.25, 0.3) is 21.8 Å². The zero-order chi connectivity index (χ0) is 14.7. The van der Waals surface area contributed by atoms with Gasteiger partial charge in [0.2, 0.25) is 0 Å². The zero-order valence-corrected chi connectivity index (χ0v) is 11.9. The van der Waals surface area contributed by atoms with E-state index in [-0.39, 0.29) is 6.42 Å². The Balaban J connectivity index is 2.10. The van der Waals surface area contributed by atoms with Crippen molar-refractivity contribution in [1.82, 2.24) is 9.97 Å². The van der Waals surface area contributed by atoms with E-state index in [1.165, 1.54) is 11.3 Å². The average Bonchev–Trinajstić information content (AvgIpc) is 2.92. The van der Waals surface area contributed by atoms with Crippen molar-refractivity contribution in [3.63, 3.8) is 0 Å². The standard InChI is InChI=1S/C16H12N2O2S/c19-14(20)10-13-15(11-4-2-1-3-5-11)18-16(21-13)12-6-8-17-9-7-12/h1-9H,10H2,(H,19,20). The van der Waals surface area contributed by atoms with Gasteiger partial charge >= 0.3 is 5.97 Å². The SMILES string of the molecule is O=C(O)Cc1sc(-c2ccncc2)nc1-c1ccccc1. The third-order valence-corrected chi connectivity index (χ3v) is 4.09. The Hall–Kier alpha value is -2.53. The summed E-state index contributed by atoms with van der Waals surface area (Å²) >= 11 is 1.42. The van der Waals surface area contributed by atoms with Gasteiger partial charge in [0.05, 0.1) is 12.1 Å². The number of rotatable bonds is 4. The molecule has 0 fully saturated rings. The van der Waals surface area contributed by atoms with Gasteiger partial charge in [-0.15, -0.1) is 11.3 Å². The lowest BCUT2D eigenvalue weighted by molar-refractivity contribution is -0.136. The minimum Gasteiger partial charge on any atom is -0.481 e. The molecule has 0 atom stereocenters. The van der Waals surface area contributed by atoms with E-state index in [2.05, 4.69) is 9.97 Å². The fourth-order valence-electron chi connectivity index (χ4n) is 2.05. The molecule has 0 unspecified atom stereocenters. The van der Waals surface area contributed by atoms with Crippen LogP contribution in [0.2, 0.25) is 0 Å². The van der Waals surface area contributed by atoms with E-state index in [4.69, 9.17) is 5.11 Å². The summed E-state index contributed by atoms with van der Waals surface area (Å²) in [4.78, 5) is 20.5. The molecule has 2 heterocycles. The maximum Gasteiger partial charge on any atom is 0.308 e. The molecule has 0 radical (unpaired) electrons. The second kappa shape index (κ2) is 5.85. The van der Waals surface area contributed by atoms with Crippen molar-refractivity contribution < 1.29 is 9.90 Å². The molecule has 0 bridgehead atoms. The van der Waals surface area contributed by atoms with Crippen LogP contribution >= 0.6 is 11.3 Å². The number of carboxylic acid groups (broad SMARTS) is 1. The third kappa shape index (κ3) is 2.98. The summed E-state index contributed by atoms with van der Waals surface area (Å²) in [5, 5.41) is 9.90. The van der Waals surface area contributed by atoms with Crippen LogP contribution in [0.5, 0.6) is 0 Å². The second-order valence-corrected chi connectivity index (χ2v) is 5.55. The molecular weight excluding hydrogens is 284 g/mol. The van der Waals surface area contributed by atoms with E-state index in [0.717, 1.165) is 26.7 Å². The lowest BCUT2D eigenvalue weighted by Crippen LogP contribution is -1.99. The number of nitrogens with zero attached hydrogens (tertiary/aromatic N) is 2. The third-order valence-electron chi connectivity index (χ3n) is 2.98. The van der Waals surface area contributed by atoms with Crippen LogP contribution in [0.3, 0.4) is 0 Å². The highest BCUT2D eigenvalue weighted by Crippen LogP contribution is 2.33. The molecule has 0 aliphatic rings. The number of hydrogen-bond acceptors (Lipinski definition) is 4. The van der Waals surface area contributed by atoms with E-state index >= 15 is 0 Å². The van der Waals surface area contributed by atoms with Gasteiger partial charge in [0, 0.05) is 28.4 Å². The van der Waals surface area contributed by atoms with Crippen molar-refractivity contribution in [3.05, 3.63) is 59.7 Å². The van der Waals surface area contributed by atoms with Crippen molar-refractivity contribution in [2.75, 3.05) is 0 Å². The molecule has 21 heavy (non-hydrogen) atoms. The molecule has 0 spiro atoms. The van der Waals surface area contributed by atoms with Crippen LogP contribution in [0.4, 0.5) is 0 Å². The van der Waals surface area contributed by atoms with Crippen LogP contribution in [0.1, 0.15) is 4.88 Å². The molecule has 2 aromatic heterocycles. The highest BCUT2D eigenvalue weighted by molar-refractivity contribution is 7.15. The predicted molar refractivity (Wildman–Crippen MR) is 82.1 cm³/mol. The number of aliphatic carboxylic acids is 1. The topological polar surface area (TPSA) is 63.1 Å². The van der Waals surface area contributed by atoms with E-state index in [0.29, 0.717) is 0 Å². The minimum atomic E-state index is -0.850. The number of aromatic nitrogens is 2. The first kappa shape index (κ1) is 13.5. The second-order valence-electron chi connectivity index (χ2n) is 4.46. The minimum absolute atomic E-state index is 0.0209.